The number of hydrogen-bond donors (Lipinski definition) is 2. The molecule has 0 amide bonds. The summed E-state index contributed by atoms with van der Waals surface area (Å²) in [5, 5.41) is 12.7. The zero-order valence-corrected chi connectivity index (χ0v) is 14.1. The molecular weight excluding hydrogens is 359 g/mol. The van der Waals surface area contributed by atoms with Crippen LogP contribution in [0.3, 0.4) is 0 Å². The SMILES string of the molecule is O=C(O)C1CC(c2ccc(Cl)cc2)N(c2ccc(Cl)cc2Cl)N1. The van der Waals surface area contributed by atoms with E-state index < -0.39 is 12.0 Å². The fourth-order valence-electron chi connectivity index (χ4n) is 2.68. The molecule has 0 bridgehead atoms. The summed E-state index contributed by atoms with van der Waals surface area (Å²) in [6, 6.07) is 11.6. The summed E-state index contributed by atoms with van der Waals surface area (Å²) in [6.45, 7) is 0. The Morgan fingerprint density at radius 2 is 1.74 bits per heavy atom. The first-order valence-corrected chi connectivity index (χ1v) is 8.08. The first-order valence-electron chi connectivity index (χ1n) is 6.94. The number of halogens is 3. The summed E-state index contributed by atoms with van der Waals surface area (Å²) in [5.41, 5.74) is 4.64. The number of carboxylic acids is 1. The lowest BCUT2D eigenvalue weighted by Gasteiger charge is -2.27. The minimum Gasteiger partial charge on any atom is -0.480 e. The Hall–Kier alpha value is -1.46. The van der Waals surface area contributed by atoms with Crippen LogP contribution >= 0.6 is 34.8 Å². The Kier molecular flexibility index (Phi) is 4.69. The molecule has 2 aromatic carbocycles. The molecule has 23 heavy (non-hydrogen) atoms. The van der Waals surface area contributed by atoms with Gasteiger partial charge in [-0.25, -0.2) is 5.43 Å². The van der Waals surface area contributed by atoms with Crippen LogP contribution in [0.5, 0.6) is 0 Å². The average Bonchev–Trinajstić information content (AvgIpc) is 2.93. The van der Waals surface area contributed by atoms with Crippen molar-refractivity contribution in [1.82, 2.24) is 5.43 Å². The summed E-state index contributed by atoms with van der Waals surface area (Å²) < 4.78 is 0. The van der Waals surface area contributed by atoms with Gasteiger partial charge >= 0.3 is 5.97 Å². The van der Waals surface area contributed by atoms with Crippen molar-refractivity contribution in [2.45, 2.75) is 18.5 Å². The van der Waals surface area contributed by atoms with Crippen LogP contribution in [0.25, 0.3) is 0 Å². The van der Waals surface area contributed by atoms with E-state index in [-0.39, 0.29) is 6.04 Å². The molecule has 1 aliphatic heterocycles. The second-order valence-corrected chi connectivity index (χ2v) is 6.57. The Morgan fingerprint density at radius 1 is 1.09 bits per heavy atom. The monoisotopic (exact) mass is 370 g/mol. The molecule has 0 radical (unpaired) electrons. The zero-order valence-electron chi connectivity index (χ0n) is 11.8. The van der Waals surface area contributed by atoms with Crippen LogP contribution in [-0.2, 0) is 4.79 Å². The van der Waals surface area contributed by atoms with E-state index in [1.807, 2.05) is 12.1 Å². The first kappa shape index (κ1) is 16.4. The van der Waals surface area contributed by atoms with Gasteiger partial charge in [-0.1, -0.05) is 46.9 Å². The maximum Gasteiger partial charge on any atom is 0.322 e. The van der Waals surface area contributed by atoms with Crippen LogP contribution in [0.4, 0.5) is 5.69 Å². The molecule has 3 rings (SSSR count). The van der Waals surface area contributed by atoms with E-state index in [4.69, 9.17) is 34.8 Å². The highest BCUT2D eigenvalue weighted by atomic mass is 35.5. The average molecular weight is 372 g/mol. The number of anilines is 1. The predicted molar refractivity (Wildman–Crippen MR) is 92.3 cm³/mol. The van der Waals surface area contributed by atoms with Crippen LogP contribution in [0.1, 0.15) is 18.0 Å². The topological polar surface area (TPSA) is 52.6 Å². The van der Waals surface area contributed by atoms with Crippen molar-refractivity contribution in [2.75, 3.05) is 5.01 Å². The Labute approximate surface area is 148 Å². The van der Waals surface area contributed by atoms with Gasteiger partial charge < -0.3 is 5.11 Å². The van der Waals surface area contributed by atoms with Gasteiger partial charge in [0.15, 0.2) is 0 Å². The molecule has 0 aromatic heterocycles. The summed E-state index contributed by atoms with van der Waals surface area (Å²) in [6.07, 6.45) is 0.413. The van der Waals surface area contributed by atoms with Gasteiger partial charge in [-0.2, -0.15) is 0 Å². The van der Waals surface area contributed by atoms with Crippen molar-refractivity contribution < 1.29 is 9.90 Å². The van der Waals surface area contributed by atoms with Crippen molar-refractivity contribution >= 4 is 46.5 Å². The highest BCUT2D eigenvalue weighted by Crippen LogP contribution is 2.38. The molecule has 7 heteroatoms. The molecule has 2 aromatic rings. The summed E-state index contributed by atoms with van der Waals surface area (Å²) in [5.74, 6) is -0.906. The smallest absolute Gasteiger partial charge is 0.322 e. The van der Waals surface area contributed by atoms with E-state index in [0.717, 1.165) is 5.56 Å². The Bertz CT molecular complexity index is 737. The fraction of sp³-hybridized carbons (Fsp3) is 0.188. The third-order valence-corrected chi connectivity index (χ3v) is 4.58. The third kappa shape index (κ3) is 3.40. The molecule has 2 unspecified atom stereocenters. The Balaban J connectivity index is 2.00. The minimum absolute atomic E-state index is 0.174. The van der Waals surface area contributed by atoms with Crippen LogP contribution in [0, 0.1) is 0 Å². The highest BCUT2D eigenvalue weighted by Gasteiger charge is 2.37. The summed E-state index contributed by atoms with van der Waals surface area (Å²) in [4.78, 5) is 11.4. The molecule has 0 spiro atoms. The van der Waals surface area contributed by atoms with E-state index >= 15 is 0 Å². The molecule has 4 nitrogen and oxygen atoms in total. The molecule has 0 saturated carbocycles. The van der Waals surface area contributed by atoms with Crippen LogP contribution in [0.15, 0.2) is 42.5 Å². The number of aliphatic carboxylic acids is 1. The fourth-order valence-corrected chi connectivity index (χ4v) is 3.30. The maximum absolute atomic E-state index is 11.4. The number of nitrogens with one attached hydrogen (secondary N) is 1. The molecule has 1 saturated heterocycles. The summed E-state index contributed by atoms with van der Waals surface area (Å²) >= 11 is 18.2. The molecule has 120 valence electrons. The van der Waals surface area contributed by atoms with Gasteiger partial charge in [0.2, 0.25) is 0 Å². The molecule has 2 N–H and O–H groups in total. The van der Waals surface area contributed by atoms with E-state index in [9.17, 15) is 9.90 Å². The predicted octanol–water partition coefficient (Wildman–Crippen LogP) is 4.56. The molecule has 1 heterocycles. The first-order chi connectivity index (χ1) is 11.0. The number of carbonyl (C=O) groups is 1. The maximum atomic E-state index is 11.4. The van der Waals surface area contributed by atoms with E-state index in [0.29, 0.717) is 27.2 Å². The van der Waals surface area contributed by atoms with E-state index in [2.05, 4.69) is 5.43 Å². The molecular formula is C16H13Cl3N2O2. The number of carboxylic acid groups (broad SMARTS) is 1. The lowest BCUT2D eigenvalue weighted by atomic mass is 10.0. The van der Waals surface area contributed by atoms with Gasteiger partial charge in [-0.05, 0) is 35.9 Å². The Morgan fingerprint density at radius 3 is 2.35 bits per heavy atom. The molecule has 1 aliphatic rings. The number of hydrazine groups is 1. The second kappa shape index (κ2) is 6.57. The van der Waals surface area contributed by atoms with Crippen molar-refractivity contribution in [3.05, 3.63) is 63.1 Å². The lowest BCUT2D eigenvalue weighted by molar-refractivity contribution is -0.139. The van der Waals surface area contributed by atoms with Gasteiger partial charge in [0.1, 0.15) is 6.04 Å². The van der Waals surface area contributed by atoms with Gasteiger partial charge in [-0.15, -0.1) is 0 Å². The van der Waals surface area contributed by atoms with Crippen LogP contribution in [-0.4, -0.2) is 17.1 Å². The third-order valence-electron chi connectivity index (χ3n) is 3.79. The quantitative estimate of drug-likeness (QED) is 0.830. The van der Waals surface area contributed by atoms with Crippen LogP contribution < -0.4 is 10.4 Å². The van der Waals surface area contributed by atoms with Gasteiger partial charge in [-0.3, -0.25) is 9.80 Å². The van der Waals surface area contributed by atoms with Gasteiger partial charge in [0, 0.05) is 16.5 Å². The largest absolute Gasteiger partial charge is 0.480 e. The number of hydrogen-bond acceptors (Lipinski definition) is 3. The number of benzene rings is 2. The second-order valence-electron chi connectivity index (χ2n) is 5.29. The zero-order chi connectivity index (χ0) is 16.6. The normalized spacial score (nSPS) is 20.7. The number of rotatable bonds is 3. The van der Waals surface area contributed by atoms with Crippen molar-refractivity contribution in [3.63, 3.8) is 0 Å². The molecule has 0 aliphatic carbocycles. The van der Waals surface area contributed by atoms with Gasteiger partial charge in [0.25, 0.3) is 0 Å². The standard InChI is InChI=1S/C16H13Cl3N2O2/c17-10-3-1-9(2-4-10)15-8-13(16(22)23)20-21(15)14-6-5-11(18)7-12(14)19/h1-7,13,15,20H,8H2,(H,22,23). The molecule has 1 fully saturated rings. The molecule has 2 atom stereocenters. The lowest BCUT2D eigenvalue weighted by Crippen LogP contribution is -2.40. The van der Waals surface area contributed by atoms with Crippen molar-refractivity contribution in [2.24, 2.45) is 0 Å². The van der Waals surface area contributed by atoms with E-state index in [1.54, 1.807) is 35.3 Å². The van der Waals surface area contributed by atoms with E-state index in [1.165, 1.54) is 0 Å². The van der Waals surface area contributed by atoms with Crippen molar-refractivity contribution in [3.8, 4) is 0 Å². The van der Waals surface area contributed by atoms with Gasteiger partial charge in [0.05, 0.1) is 16.8 Å². The minimum atomic E-state index is -0.906. The number of nitrogens with zero attached hydrogens (tertiary/aromatic N) is 1. The highest BCUT2D eigenvalue weighted by molar-refractivity contribution is 6.36. The summed E-state index contributed by atoms with van der Waals surface area (Å²) in [7, 11) is 0. The van der Waals surface area contributed by atoms with Crippen LogP contribution in [0.2, 0.25) is 15.1 Å². The van der Waals surface area contributed by atoms with Crippen molar-refractivity contribution in [1.29, 1.82) is 0 Å².